The van der Waals surface area contributed by atoms with Crippen LogP contribution in [0.2, 0.25) is 0 Å². The van der Waals surface area contributed by atoms with Crippen LogP contribution in [0.25, 0.3) is 10.9 Å². The minimum absolute atomic E-state index is 0.0893. The van der Waals surface area contributed by atoms with Crippen molar-refractivity contribution in [3.05, 3.63) is 95.7 Å². The fourth-order valence-corrected chi connectivity index (χ4v) is 13.0. The number of aromatic nitrogens is 1. The van der Waals surface area contributed by atoms with Crippen LogP contribution in [0.1, 0.15) is 129 Å². The third-order valence-electron chi connectivity index (χ3n) is 19.7. The number of aliphatic carboxylic acids is 2. The summed E-state index contributed by atoms with van der Waals surface area (Å²) in [6.07, 6.45) is -3.73. The summed E-state index contributed by atoms with van der Waals surface area (Å²) in [4.78, 5) is 260. The van der Waals surface area contributed by atoms with Crippen LogP contribution >= 0.6 is 11.8 Å². The Balaban J connectivity index is 1.61. The molecule has 0 bridgehead atoms. The van der Waals surface area contributed by atoms with Gasteiger partial charge in [0.1, 0.15) is 90.0 Å². The van der Waals surface area contributed by atoms with Crippen molar-refractivity contribution in [1.29, 1.82) is 0 Å². The van der Waals surface area contributed by atoms with Gasteiger partial charge in [-0.25, -0.2) is 4.79 Å². The zero-order chi connectivity index (χ0) is 95.1. The van der Waals surface area contributed by atoms with Crippen LogP contribution in [0.4, 0.5) is 0 Å². The second-order valence-corrected chi connectivity index (χ2v) is 32.0. The maximum Gasteiger partial charge on any atom is 0.326 e. The van der Waals surface area contributed by atoms with Gasteiger partial charge in [-0.2, -0.15) is 11.8 Å². The number of aliphatic hydroxyl groups is 2. The molecule has 0 saturated carbocycles. The number of carboxylic acids is 2. The lowest BCUT2D eigenvalue weighted by Crippen LogP contribution is -2.62. The van der Waals surface area contributed by atoms with Crippen LogP contribution in [-0.2, 0) is 110 Å². The molecule has 45 nitrogen and oxygen atoms in total. The molecule has 46 heteroatoms. The molecule has 0 aliphatic carbocycles. The summed E-state index contributed by atoms with van der Waals surface area (Å²) in [5, 5.41) is 95.2. The van der Waals surface area contributed by atoms with E-state index in [9.17, 15) is 122 Å². The van der Waals surface area contributed by atoms with E-state index in [1.54, 1.807) is 64.4 Å². The number of aromatic amines is 1. The molecule has 1 heterocycles. The summed E-state index contributed by atoms with van der Waals surface area (Å²) >= 11 is 1.17. The first-order valence-electron chi connectivity index (χ1n) is 40.7. The Morgan fingerprint density at radius 1 is 0.441 bits per heavy atom. The molecule has 0 unspecified atom stereocenters. The Hall–Kier alpha value is -13.1. The van der Waals surface area contributed by atoms with Gasteiger partial charge < -0.3 is 139 Å². The van der Waals surface area contributed by atoms with Gasteiger partial charge in [0, 0.05) is 49.2 Å². The number of thioether (sulfide) groups is 1. The van der Waals surface area contributed by atoms with Crippen molar-refractivity contribution in [3.8, 4) is 11.5 Å². The molecule has 0 fully saturated rings. The van der Waals surface area contributed by atoms with E-state index in [1.165, 1.54) is 67.2 Å². The third-order valence-corrected chi connectivity index (χ3v) is 20.3. The van der Waals surface area contributed by atoms with Gasteiger partial charge in [0.25, 0.3) is 0 Å². The molecule has 3 aromatic carbocycles. The number of nitrogens with two attached hydrogens (primary N) is 5. The van der Waals surface area contributed by atoms with E-state index in [0.29, 0.717) is 16.5 Å². The van der Waals surface area contributed by atoms with E-state index in [1.807, 2.05) is 5.32 Å². The van der Waals surface area contributed by atoms with Crippen molar-refractivity contribution in [2.24, 2.45) is 40.5 Å². The van der Waals surface area contributed by atoms with Crippen LogP contribution in [0.5, 0.6) is 11.5 Å². The topological polar surface area (TPSA) is 760 Å². The molecule has 698 valence electrons. The number of phenols is 2. The minimum atomic E-state index is -1.99. The number of carbonyl (C=O) groups excluding carboxylic acids is 17. The zero-order valence-corrected chi connectivity index (χ0v) is 72.1. The molecule has 0 saturated heterocycles. The summed E-state index contributed by atoms with van der Waals surface area (Å²) in [5.41, 5.74) is 29.4. The molecule has 31 N–H and O–H groups in total. The number of carbonyl (C=O) groups is 19. The molecular formula is C81H118N20O25S. The first kappa shape index (κ1) is 106. The Bertz CT molecular complexity index is 4500. The van der Waals surface area contributed by atoms with Crippen molar-refractivity contribution >= 4 is 135 Å². The number of amides is 17. The molecule has 1 aromatic heterocycles. The SMILES string of the molecule is CSCC[C@H](NC(=O)[C@@H](NC(=O)[C@H](Cc1ccc(O)cc1)NC(=O)[C@H](Cc1ccc(O)cc1)NC(=O)CNC(=O)[C@H](CCCCN)NC(=O)[C@H](CCC(=O)O)NC(=O)[C@H](C)NC(=O)[C@H](Cc1c[nH]c2ccccc12)NC(=O)[C@H](CCC(N)=O)NC(=O)[C@H](CC(C)C)NC(=O)[C@@H](N)C(C)C)[C@@H](C)O)C(=O)N[C@@H](CO)C(=O)N[C@@H](CC(N)=O)C(=O)N[C@@H](CC(N)=O)C(=O)O. The van der Waals surface area contributed by atoms with Gasteiger partial charge in [-0.15, -0.1) is 0 Å². The van der Waals surface area contributed by atoms with Crippen LogP contribution in [0, 0.1) is 11.8 Å². The molecule has 0 spiro atoms. The van der Waals surface area contributed by atoms with Crippen LogP contribution in [0.15, 0.2) is 79.0 Å². The number of para-hydroxylation sites is 1. The zero-order valence-electron chi connectivity index (χ0n) is 71.3. The lowest BCUT2D eigenvalue weighted by Gasteiger charge is -2.28. The first-order chi connectivity index (χ1) is 59.8. The number of hydrogen-bond acceptors (Lipinski definition) is 26. The summed E-state index contributed by atoms with van der Waals surface area (Å²) in [7, 11) is 0. The number of H-pyrrole nitrogens is 1. The van der Waals surface area contributed by atoms with Gasteiger partial charge in [-0.1, -0.05) is 70.2 Å². The highest BCUT2D eigenvalue weighted by molar-refractivity contribution is 7.98. The highest BCUT2D eigenvalue weighted by Gasteiger charge is 2.39. The van der Waals surface area contributed by atoms with Crippen LogP contribution in [-0.4, -0.2) is 270 Å². The number of nitrogens with one attached hydrogen (secondary N) is 15. The largest absolute Gasteiger partial charge is 0.508 e. The number of primary amides is 3. The van der Waals surface area contributed by atoms with Crippen molar-refractivity contribution in [3.63, 3.8) is 0 Å². The number of aromatic hydroxyl groups is 2. The number of rotatable bonds is 57. The lowest BCUT2D eigenvalue weighted by molar-refractivity contribution is -0.144. The summed E-state index contributed by atoms with van der Waals surface area (Å²) < 4.78 is 0. The lowest BCUT2D eigenvalue weighted by atomic mass is 9.99. The second-order valence-electron chi connectivity index (χ2n) is 31.0. The van der Waals surface area contributed by atoms with Crippen LogP contribution in [0.3, 0.4) is 0 Å². The molecule has 15 atom stereocenters. The predicted octanol–water partition coefficient (Wildman–Crippen LogP) is -6.70. The molecule has 0 radical (unpaired) electrons. The maximum absolute atomic E-state index is 14.8. The predicted molar refractivity (Wildman–Crippen MR) is 457 cm³/mol. The molecular weight excluding hydrogens is 1690 g/mol. The number of hydrogen-bond donors (Lipinski definition) is 26. The molecule has 4 aromatic rings. The van der Waals surface area contributed by atoms with E-state index in [2.05, 4.69) is 74.1 Å². The normalized spacial score (nSPS) is 14.7. The van der Waals surface area contributed by atoms with E-state index >= 15 is 0 Å². The van der Waals surface area contributed by atoms with Gasteiger partial charge in [0.15, 0.2) is 0 Å². The average Bonchev–Trinajstić information content (AvgIpc) is 1.71. The van der Waals surface area contributed by atoms with Crippen molar-refractivity contribution in [2.75, 3.05) is 31.7 Å². The van der Waals surface area contributed by atoms with E-state index in [0.717, 1.165) is 6.92 Å². The van der Waals surface area contributed by atoms with Gasteiger partial charge in [-0.05, 0) is 136 Å². The molecule has 127 heavy (non-hydrogen) atoms. The molecule has 17 amide bonds. The average molecular weight is 1800 g/mol. The fraction of sp³-hybridized carbons (Fsp3) is 0.519. The molecule has 0 aliphatic heterocycles. The number of carboxylic acid groups (broad SMARTS) is 2. The number of fused-ring (bicyclic) bond motifs is 1. The van der Waals surface area contributed by atoms with Crippen molar-refractivity contribution in [1.82, 2.24) is 79.4 Å². The number of benzene rings is 3. The van der Waals surface area contributed by atoms with Crippen LogP contribution < -0.4 is 103 Å². The Kier molecular flexibility index (Phi) is 44.6. The monoisotopic (exact) mass is 1800 g/mol. The summed E-state index contributed by atoms with van der Waals surface area (Å²) in [5.74, 6) is -22.4. The van der Waals surface area contributed by atoms with Gasteiger partial charge in [-0.3, -0.25) is 86.3 Å². The van der Waals surface area contributed by atoms with Gasteiger partial charge >= 0.3 is 11.9 Å². The quantitative estimate of drug-likeness (QED) is 0.0183. The third kappa shape index (κ3) is 37.3. The number of aliphatic hydroxyl groups excluding tert-OH is 2. The van der Waals surface area contributed by atoms with Gasteiger partial charge in [0.05, 0.1) is 38.1 Å². The fourth-order valence-electron chi connectivity index (χ4n) is 12.6. The van der Waals surface area contributed by atoms with E-state index < -0.39 is 261 Å². The smallest absolute Gasteiger partial charge is 0.326 e. The highest BCUT2D eigenvalue weighted by atomic mass is 32.2. The Morgan fingerprint density at radius 3 is 1.39 bits per heavy atom. The van der Waals surface area contributed by atoms with E-state index in [4.69, 9.17) is 28.7 Å². The maximum atomic E-state index is 14.8. The Morgan fingerprint density at radius 2 is 0.874 bits per heavy atom. The van der Waals surface area contributed by atoms with Crippen molar-refractivity contribution in [2.45, 2.75) is 222 Å². The standard InChI is InChI=1S/C81H118N20O25S/c1-39(2)30-54(98-79(123)66(86)40(3)4)74(118)93-51(23-25-61(83)106)71(115)96-57(33-45-36-87-49-13-9-8-12-48(45)49)73(117)89-41(5)68(112)91-52(24-26-65(110)111)70(114)92-50(14-10-11-28-82)69(113)88-37-64(109)90-55(31-43-15-19-46(104)20-16-43)75(119)95-56(32-44-17-21-47(105)22-18-44)77(121)101-67(42(6)103)80(124)94-53(27-29-127-7)72(116)100-60(38-102)78(122)97-58(34-62(84)107)76(120)99-59(81(125)126)35-63(85)108/h8-9,12-13,15-22,36,39-42,50-60,66-67,87,102-105H,10-11,14,23-35,37-38,82,86H2,1-7H3,(H2,83,106)(H2,84,107)(H2,85,108)(H,88,113)(H,89,117)(H,90,109)(H,91,112)(H,92,114)(H,93,118)(H,94,124)(H,95,119)(H,96,115)(H,97,122)(H,98,123)(H,99,120)(H,100,116)(H,101,121)(H,110,111)(H,125,126)/t41-,42+,50-,51-,52-,53-,54-,55-,56-,57-,58-,59-,60-,66-,67-/m0/s1. The number of phenolic OH excluding ortho intramolecular Hbond substituents is 2. The Labute approximate surface area is 734 Å². The highest BCUT2D eigenvalue weighted by Crippen LogP contribution is 2.21. The minimum Gasteiger partial charge on any atom is -0.508 e. The molecule has 4 rings (SSSR count). The molecule has 0 aliphatic rings. The first-order valence-corrected chi connectivity index (χ1v) is 42.1. The summed E-state index contributed by atoms with van der Waals surface area (Å²) in [6.45, 7) is 7.18. The second kappa shape index (κ2) is 53.3. The van der Waals surface area contributed by atoms with Gasteiger partial charge in [0.2, 0.25) is 100 Å². The summed E-state index contributed by atoms with van der Waals surface area (Å²) in [6, 6.07) is -5.87. The van der Waals surface area contributed by atoms with E-state index in [-0.39, 0.29) is 91.7 Å². The number of unbranched alkanes of at least 4 members (excludes halogenated alkanes) is 1. The van der Waals surface area contributed by atoms with Crippen molar-refractivity contribution < 1.29 is 122 Å².